The average molecular weight is 329 g/mol. The fourth-order valence-electron chi connectivity index (χ4n) is 3.75. The molecule has 0 N–H and O–H groups in total. The standard InChI is InChI=1S/C18H23N3OS/c1-12-5-8-23-18(12)11-21-7-4-14-9-16(22-17(14)10-21)15-3-6-19-13(2)20-15/h3,5-6,8,14,16-17H,4,7,9-11H2,1-2H3/t14-,16+,17+/m0/s1. The van der Waals surface area contributed by atoms with Crippen molar-refractivity contribution in [2.24, 2.45) is 5.92 Å². The highest BCUT2D eigenvalue weighted by Gasteiger charge is 2.40. The predicted octanol–water partition coefficient (Wildman–Crippen LogP) is 3.51. The van der Waals surface area contributed by atoms with Crippen molar-refractivity contribution in [2.75, 3.05) is 13.1 Å². The normalized spacial score (nSPS) is 28.0. The van der Waals surface area contributed by atoms with E-state index in [1.165, 1.54) is 23.4 Å². The maximum atomic E-state index is 6.36. The number of hydrogen-bond acceptors (Lipinski definition) is 5. The van der Waals surface area contributed by atoms with E-state index < -0.39 is 0 Å². The van der Waals surface area contributed by atoms with Crippen LogP contribution in [-0.2, 0) is 11.3 Å². The first-order chi connectivity index (χ1) is 11.2. The van der Waals surface area contributed by atoms with Crippen LogP contribution in [-0.4, -0.2) is 34.1 Å². The molecule has 2 saturated heterocycles. The monoisotopic (exact) mass is 329 g/mol. The van der Waals surface area contributed by atoms with Crippen molar-refractivity contribution in [1.29, 1.82) is 0 Å². The molecule has 2 aromatic heterocycles. The van der Waals surface area contributed by atoms with Crippen molar-refractivity contribution in [3.05, 3.63) is 45.7 Å². The first-order valence-electron chi connectivity index (χ1n) is 8.39. The molecular formula is C18H23N3OS. The van der Waals surface area contributed by atoms with Gasteiger partial charge in [-0.15, -0.1) is 11.3 Å². The summed E-state index contributed by atoms with van der Waals surface area (Å²) in [6, 6.07) is 4.22. The molecule has 0 aliphatic carbocycles. The lowest BCUT2D eigenvalue weighted by molar-refractivity contribution is -0.0105. The molecule has 0 amide bonds. The van der Waals surface area contributed by atoms with Crippen LogP contribution in [0.3, 0.4) is 0 Å². The minimum atomic E-state index is 0.148. The lowest BCUT2D eigenvalue weighted by atomic mass is 9.91. The fourth-order valence-corrected chi connectivity index (χ4v) is 4.70. The largest absolute Gasteiger partial charge is 0.367 e. The molecule has 0 saturated carbocycles. The van der Waals surface area contributed by atoms with Crippen LogP contribution in [0.25, 0.3) is 0 Å². The Kier molecular flexibility index (Phi) is 4.18. The summed E-state index contributed by atoms with van der Waals surface area (Å²) < 4.78 is 6.36. The summed E-state index contributed by atoms with van der Waals surface area (Å²) in [5.41, 5.74) is 2.46. The van der Waals surface area contributed by atoms with E-state index in [-0.39, 0.29) is 6.10 Å². The van der Waals surface area contributed by atoms with Crippen LogP contribution in [0.4, 0.5) is 0 Å². The van der Waals surface area contributed by atoms with Gasteiger partial charge in [0.05, 0.1) is 11.8 Å². The summed E-state index contributed by atoms with van der Waals surface area (Å²) in [6.45, 7) is 7.43. The summed E-state index contributed by atoms with van der Waals surface area (Å²) in [4.78, 5) is 12.8. The van der Waals surface area contributed by atoms with Gasteiger partial charge < -0.3 is 4.74 Å². The van der Waals surface area contributed by atoms with Gasteiger partial charge in [0.1, 0.15) is 11.9 Å². The van der Waals surface area contributed by atoms with Gasteiger partial charge in [-0.2, -0.15) is 0 Å². The van der Waals surface area contributed by atoms with E-state index in [0.717, 1.165) is 31.0 Å². The summed E-state index contributed by atoms with van der Waals surface area (Å²) in [5.74, 6) is 1.51. The van der Waals surface area contributed by atoms with Gasteiger partial charge in [-0.3, -0.25) is 4.90 Å². The van der Waals surface area contributed by atoms with E-state index in [1.54, 1.807) is 0 Å². The van der Waals surface area contributed by atoms with E-state index >= 15 is 0 Å². The Morgan fingerprint density at radius 2 is 2.26 bits per heavy atom. The molecular weight excluding hydrogens is 306 g/mol. The molecule has 2 aliphatic rings. The minimum absolute atomic E-state index is 0.148. The number of aryl methyl sites for hydroxylation is 2. The number of aromatic nitrogens is 2. The van der Waals surface area contributed by atoms with Gasteiger partial charge in [-0.05, 0) is 62.2 Å². The number of fused-ring (bicyclic) bond motifs is 1. The van der Waals surface area contributed by atoms with Crippen molar-refractivity contribution >= 4 is 11.3 Å². The Labute approximate surface area is 141 Å². The van der Waals surface area contributed by atoms with E-state index in [1.807, 2.05) is 30.5 Å². The zero-order chi connectivity index (χ0) is 15.8. The van der Waals surface area contributed by atoms with Gasteiger partial charge in [0.25, 0.3) is 0 Å². The highest BCUT2D eigenvalue weighted by Crippen LogP contribution is 2.40. The molecule has 0 aromatic carbocycles. The highest BCUT2D eigenvalue weighted by molar-refractivity contribution is 7.10. The lowest BCUT2D eigenvalue weighted by Crippen LogP contribution is -2.41. The molecule has 0 radical (unpaired) electrons. The van der Waals surface area contributed by atoms with Crippen LogP contribution >= 0.6 is 11.3 Å². The molecule has 2 aliphatic heterocycles. The van der Waals surface area contributed by atoms with Crippen molar-refractivity contribution < 1.29 is 4.74 Å². The van der Waals surface area contributed by atoms with Crippen molar-refractivity contribution in [3.63, 3.8) is 0 Å². The molecule has 122 valence electrons. The number of rotatable bonds is 3. The molecule has 0 spiro atoms. The SMILES string of the molecule is Cc1nccc([C@H]2C[C@@H]3CCN(Cc4sccc4C)C[C@H]3O2)n1. The van der Waals surface area contributed by atoms with E-state index in [2.05, 4.69) is 33.2 Å². The Bertz CT molecular complexity index is 686. The third-order valence-electron chi connectivity index (χ3n) is 5.10. The summed E-state index contributed by atoms with van der Waals surface area (Å²) in [7, 11) is 0. The lowest BCUT2D eigenvalue weighted by Gasteiger charge is -2.33. The third-order valence-corrected chi connectivity index (χ3v) is 6.11. The van der Waals surface area contributed by atoms with E-state index in [4.69, 9.17) is 4.74 Å². The molecule has 0 unspecified atom stereocenters. The van der Waals surface area contributed by atoms with Crippen LogP contribution in [0.5, 0.6) is 0 Å². The quantitative estimate of drug-likeness (QED) is 0.864. The molecule has 23 heavy (non-hydrogen) atoms. The summed E-state index contributed by atoms with van der Waals surface area (Å²) >= 11 is 1.87. The van der Waals surface area contributed by atoms with Crippen molar-refractivity contribution in [3.8, 4) is 0 Å². The van der Waals surface area contributed by atoms with Crippen LogP contribution in [0, 0.1) is 19.8 Å². The number of piperidine rings is 1. The predicted molar refractivity (Wildman–Crippen MR) is 91.4 cm³/mol. The van der Waals surface area contributed by atoms with E-state index in [9.17, 15) is 0 Å². The number of hydrogen-bond donors (Lipinski definition) is 0. The molecule has 2 fully saturated rings. The number of nitrogens with zero attached hydrogens (tertiary/aromatic N) is 3. The van der Waals surface area contributed by atoms with Gasteiger partial charge in [-0.1, -0.05) is 0 Å². The molecule has 0 bridgehead atoms. The Balaban J connectivity index is 1.41. The first kappa shape index (κ1) is 15.2. The molecule has 4 nitrogen and oxygen atoms in total. The number of ether oxygens (including phenoxy) is 1. The minimum Gasteiger partial charge on any atom is -0.367 e. The third kappa shape index (κ3) is 3.18. The summed E-state index contributed by atoms with van der Waals surface area (Å²) in [6.07, 6.45) is 4.68. The zero-order valence-corrected chi connectivity index (χ0v) is 14.6. The van der Waals surface area contributed by atoms with Gasteiger partial charge in [-0.25, -0.2) is 9.97 Å². The fraction of sp³-hybridized carbons (Fsp3) is 0.556. The second kappa shape index (κ2) is 6.30. The number of likely N-dealkylation sites (tertiary alicyclic amines) is 1. The van der Waals surface area contributed by atoms with Crippen molar-refractivity contribution in [2.45, 2.75) is 45.4 Å². The van der Waals surface area contributed by atoms with Gasteiger partial charge in [0, 0.05) is 24.2 Å². The maximum absolute atomic E-state index is 6.36. The average Bonchev–Trinajstić information content (AvgIpc) is 3.14. The topological polar surface area (TPSA) is 38.2 Å². The second-order valence-electron chi connectivity index (χ2n) is 6.74. The Hall–Kier alpha value is -1.30. The van der Waals surface area contributed by atoms with Crippen LogP contribution in [0.1, 0.15) is 40.9 Å². The van der Waals surface area contributed by atoms with Crippen molar-refractivity contribution in [1.82, 2.24) is 14.9 Å². The zero-order valence-electron chi connectivity index (χ0n) is 13.7. The molecule has 5 heteroatoms. The van der Waals surface area contributed by atoms with Crippen LogP contribution < -0.4 is 0 Å². The molecule has 4 rings (SSSR count). The molecule has 2 aromatic rings. The smallest absolute Gasteiger partial charge is 0.125 e. The van der Waals surface area contributed by atoms with Gasteiger partial charge >= 0.3 is 0 Å². The van der Waals surface area contributed by atoms with Crippen LogP contribution in [0.15, 0.2) is 23.7 Å². The number of thiophene rings is 1. The van der Waals surface area contributed by atoms with E-state index in [0.29, 0.717) is 12.0 Å². The maximum Gasteiger partial charge on any atom is 0.125 e. The summed E-state index contributed by atoms with van der Waals surface area (Å²) in [5, 5.41) is 2.19. The molecule has 4 heterocycles. The first-order valence-corrected chi connectivity index (χ1v) is 9.27. The Morgan fingerprint density at radius 3 is 3.04 bits per heavy atom. The van der Waals surface area contributed by atoms with Crippen LogP contribution in [0.2, 0.25) is 0 Å². The second-order valence-corrected chi connectivity index (χ2v) is 7.74. The van der Waals surface area contributed by atoms with Gasteiger partial charge in [0.2, 0.25) is 0 Å². The van der Waals surface area contributed by atoms with Gasteiger partial charge in [0.15, 0.2) is 0 Å². The molecule has 3 atom stereocenters. The highest BCUT2D eigenvalue weighted by atomic mass is 32.1. The Morgan fingerprint density at radius 1 is 1.35 bits per heavy atom.